The molecule has 0 saturated heterocycles. The van der Waals surface area contributed by atoms with Crippen molar-refractivity contribution in [3.05, 3.63) is 34.3 Å². The molecule has 0 saturated carbocycles. The quantitative estimate of drug-likeness (QED) is 0.512. The summed E-state index contributed by atoms with van der Waals surface area (Å²) in [6.45, 7) is 7.33. The van der Waals surface area contributed by atoms with Crippen molar-refractivity contribution in [1.82, 2.24) is 0 Å². The maximum atomic E-state index is 5.99. The Balaban J connectivity index is 2.65. The van der Waals surface area contributed by atoms with Crippen molar-refractivity contribution >= 4 is 31.9 Å². The van der Waals surface area contributed by atoms with Crippen molar-refractivity contribution in [2.75, 3.05) is 18.5 Å². The molecule has 0 N–H and O–H groups in total. The van der Waals surface area contributed by atoms with E-state index in [9.17, 15) is 0 Å². The zero-order valence-corrected chi connectivity index (χ0v) is 14.3. The summed E-state index contributed by atoms with van der Waals surface area (Å²) < 4.78 is 12.6. The van der Waals surface area contributed by atoms with E-state index in [1.165, 1.54) is 0 Å². The minimum absolute atomic E-state index is 0.243. The molecule has 102 valence electrons. The molecular formula is C14H20Br2O2. The molecule has 0 heterocycles. The van der Waals surface area contributed by atoms with Crippen molar-refractivity contribution in [2.45, 2.75) is 32.5 Å². The van der Waals surface area contributed by atoms with Gasteiger partial charge in [-0.15, -0.1) is 0 Å². The van der Waals surface area contributed by atoms with E-state index >= 15 is 0 Å². The van der Waals surface area contributed by atoms with Crippen LogP contribution in [0.1, 0.15) is 26.3 Å². The van der Waals surface area contributed by atoms with Crippen LogP contribution in [0.4, 0.5) is 0 Å². The fourth-order valence-corrected chi connectivity index (χ4v) is 2.80. The van der Waals surface area contributed by atoms with Gasteiger partial charge >= 0.3 is 0 Å². The van der Waals surface area contributed by atoms with Gasteiger partial charge in [-0.1, -0.05) is 50.1 Å². The standard InChI is InChI=1S/C14H20Br2O2/c1-11(2)17-8-9-18-14(3,10-15)12-6-4-5-7-13(12)16/h4-7,11H,8-10H2,1-3H3. The average molecular weight is 380 g/mol. The summed E-state index contributed by atoms with van der Waals surface area (Å²) >= 11 is 7.11. The van der Waals surface area contributed by atoms with E-state index in [4.69, 9.17) is 9.47 Å². The number of rotatable bonds is 7. The number of benzene rings is 1. The maximum absolute atomic E-state index is 5.99. The largest absolute Gasteiger partial charge is 0.376 e. The van der Waals surface area contributed by atoms with Crippen LogP contribution in [-0.4, -0.2) is 24.6 Å². The summed E-state index contributed by atoms with van der Waals surface area (Å²) in [7, 11) is 0. The summed E-state index contributed by atoms with van der Waals surface area (Å²) in [5.41, 5.74) is 0.798. The number of ether oxygens (including phenoxy) is 2. The normalized spacial score (nSPS) is 14.8. The minimum atomic E-state index is -0.347. The molecule has 2 nitrogen and oxygen atoms in total. The van der Waals surface area contributed by atoms with Gasteiger partial charge in [-0.3, -0.25) is 0 Å². The maximum Gasteiger partial charge on any atom is 0.101 e. The van der Waals surface area contributed by atoms with Crippen molar-refractivity contribution in [3.8, 4) is 0 Å². The van der Waals surface area contributed by atoms with E-state index in [1.54, 1.807) is 0 Å². The Labute approximate surface area is 126 Å². The highest BCUT2D eigenvalue weighted by Crippen LogP contribution is 2.32. The molecule has 0 radical (unpaired) electrons. The first-order valence-electron chi connectivity index (χ1n) is 6.06. The van der Waals surface area contributed by atoms with Gasteiger partial charge in [0.25, 0.3) is 0 Å². The molecule has 0 amide bonds. The highest BCUT2D eigenvalue weighted by molar-refractivity contribution is 9.10. The Morgan fingerprint density at radius 3 is 2.44 bits per heavy atom. The molecule has 0 aliphatic rings. The van der Waals surface area contributed by atoms with Crippen molar-refractivity contribution in [2.24, 2.45) is 0 Å². The second kappa shape index (κ2) is 7.63. The Morgan fingerprint density at radius 2 is 1.89 bits per heavy atom. The Morgan fingerprint density at radius 1 is 1.22 bits per heavy atom. The second-order valence-electron chi connectivity index (χ2n) is 4.61. The van der Waals surface area contributed by atoms with Crippen molar-refractivity contribution < 1.29 is 9.47 Å². The zero-order valence-electron chi connectivity index (χ0n) is 11.1. The molecule has 0 aliphatic heterocycles. The third-order valence-electron chi connectivity index (χ3n) is 2.65. The lowest BCUT2D eigenvalue weighted by molar-refractivity contribution is -0.0556. The summed E-state index contributed by atoms with van der Waals surface area (Å²) in [6.07, 6.45) is 0.243. The van der Waals surface area contributed by atoms with Crippen LogP contribution in [0, 0.1) is 0 Å². The van der Waals surface area contributed by atoms with E-state index < -0.39 is 0 Å². The molecular weight excluding hydrogens is 360 g/mol. The fourth-order valence-electron chi connectivity index (χ4n) is 1.63. The van der Waals surface area contributed by atoms with Crippen LogP contribution in [-0.2, 0) is 15.1 Å². The highest BCUT2D eigenvalue weighted by Gasteiger charge is 2.28. The predicted molar refractivity (Wildman–Crippen MR) is 82.3 cm³/mol. The van der Waals surface area contributed by atoms with Gasteiger partial charge in [0, 0.05) is 9.80 Å². The Kier molecular flexibility index (Phi) is 6.85. The lowest BCUT2D eigenvalue weighted by Crippen LogP contribution is -2.30. The molecule has 1 rings (SSSR count). The summed E-state index contributed by atoms with van der Waals surface area (Å²) in [4.78, 5) is 0. The van der Waals surface area contributed by atoms with E-state index in [0.717, 1.165) is 15.4 Å². The van der Waals surface area contributed by atoms with Gasteiger partial charge in [0.1, 0.15) is 5.60 Å². The van der Waals surface area contributed by atoms with Crippen LogP contribution in [0.5, 0.6) is 0 Å². The van der Waals surface area contributed by atoms with Gasteiger partial charge in [-0.05, 0) is 32.4 Å². The molecule has 0 aliphatic carbocycles. The SMILES string of the molecule is CC(C)OCCOC(C)(CBr)c1ccccc1Br. The first-order valence-corrected chi connectivity index (χ1v) is 7.97. The predicted octanol–water partition coefficient (Wildman–Crippen LogP) is 4.50. The fraction of sp³-hybridized carbons (Fsp3) is 0.571. The third kappa shape index (κ3) is 4.65. The van der Waals surface area contributed by atoms with Crippen LogP contribution in [0.3, 0.4) is 0 Å². The van der Waals surface area contributed by atoms with Crippen molar-refractivity contribution in [1.29, 1.82) is 0 Å². The summed E-state index contributed by atoms with van der Waals surface area (Å²) in [5.74, 6) is 0. The van der Waals surface area contributed by atoms with E-state index in [0.29, 0.717) is 13.2 Å². The first kappa shape index (κ1) is 16.2. The van der Waals surface area contributed by atoms with Gasteiger partial charge < -0.3 is 9.47 Å². The second-order valence-corrected chi connectivity index (χ2v) is 6.03. The number of halogens is 2. The van der Waals surface area contributed by atoms with Crippen LogP contribution in [0.15, 0.2) is 28.7 Å². The lowest BCUT2D eigenvalue weighted by Gasteiger charge is -2.29. The van der Waals surface area contributed by atoms with Gasteiger partial charge in [0.15, 0.2) is 0 Å². The number of hydrogen-bond acceptors (Lipinski definition) is 2. The molecule has 4 heteroatoms. The molecule has 0 bridgehead atoms. The molecule has 0 spiro atoms. The van der Waals surface area contributed by atoms with Crippen LogP contribution < -0.4 is 0 Å². The van der Waals surface area contributed by atoms with Crippen LogP contribution >= 0.6 is 31.9 Å². The number of alkyl halides is 1. The molecule has 0 fully saturated rings. The monoisotopic (exact) mass is 378 g/mol. The van der Waals surface area contributed by atoms with Crippen LogP contribution in [0.2, 0.25) is 0 Å². The van der Waals surface area contributed by atoms with Gasteiger partial charge in [-0.2, -0.15) is 0 Å². The highest BCUT2D eigenvalue weighted by atomic mass is 79.9. The summed E-state index contributed by atoms with van der Waals surface area (Å²) in [5, 5.41) is 0.740. The van der Waals surface area contributed by atoms with E-state index in [2.05, 4.69) is 44.8 Å². The topological polar surface area (TPSA) is 18.5 Å². The van der Waals surface area contributed by atoms with Gasteiger partial charge in [0.05, 0.1) is 19.3 Å². The third-order valence-corrected chi connectivity index (χ3v) is 4.42. The molecule has 1 atom stereocenters. The number of hydrogen-bond donors (Lipinski definition) is 0. The lowest BCUT2D eigenvalue weighted by atomic mass is 9.98. The molecule has 1 unspecified atom stereocenters. The van der Waals surface area contributed by atoms with E-state index in [1.807, 2.05) is 32.0 Å². The summed E-state index contributed by atoms with van der Waals surface area (Å²) in [6, 6.07) is 8.14. The smallest absolute Gasteiger partial charge is 0.101 e. The Hall–Kier alpha value is 0.1000. The average Bonchev–Trinajstić information content (AvgIpc) is 2.35. The molecule has 18 heavy (non-hydrogen) atoms. The first-order chi connectivity index (χ1) is 8.49. The Bertz CT molecular complexity index is 369. The van der Waals surface area contributed by atoms with Gasteiger partial charge in [0.2, 0.25) is 0 Å². The molecule has 1 aromatic rings. The molecule has 0 aromatic heterocycles. The van der Waals surface area contributed by atoms with Gasteiger partial charge in [-0.25, -0.2) is 0 Å². The van der Waals surface area contributed by atoms with Crippen molar-refractivity contribution in [3.63, 3.8) is 0 Å². The minimum Gasteiger partial charge on any atom is -0.376 e. The van der Waals surface area contributed by atoms with Crippen LogP contribution in [0.25, 0.3) is 0 Å². The molecule has 1 aromatic carbocycles. The zero-order chi connectivity index (χ0) is 13.6. The van der Waals surface area contributed by atoms with E-state index in [-0.39, 0.29) is 11.7 Å².